The minimum Gasteiger partial charge on any atom is -0.283 e. The smallest absolute Gasteiger partial charge is 0.283 e. The lowest BCUT2D eigenvalue weighted by atomic mass is 10.2. The van der Waals surface area contributed by atoms with Crippen LogP contribution in [0.3, 0.4) is 0 Å². The standard InChI is InChI=1S/C12H12ClN3O2S/c1-7-2-3-8-9(6-7)19-12(14-8)16-11(18)15-10(17)4-5-13/h2-3,6H,4-5H2,1H3,(H2,14,15,16,17,18). The molecule has 0 radical (unpaired) electrons. The van der Waals surface area contributed by atoms with Gasteiger partial charge in [-0.25, -0.2) is 9.78 Å². The first-order valence-corrected chi connectivity index (χ1v) is 6.97. The van der Waals surface area contributed by atoms with Crippen molar-refractivity contribution in [1.82, 2.24) is 10.3 Å². The van der Waals surface area contributed by atoms with Gasteiger partial charge in [0.25, 0.3) is 0 Å². The Morgan fingerprint density at radius 2 is 2.21 bits per heavy atom. The van der Waals surface area contributed by atoms with Gasteiger partial charge in [0.2, 0.25) is 5.91 Å². The van der Waals surface area contributed by atoms with E-state index in [0.717, 1.165) is 15.8 Å². The minimum absolute atomic E-state index is 0.105. The van der Waals surface area contributed by atoms with E-state index in [4.69, 9.17) is 11.6 Å². The van der Waals surface area contributed by atoms with Gasteiger partial charge in [0.05, 0.1) is 10.2 Å². The number of halogens is 1. The third kappa shape index (κ3) is 3.65. The number of fused-ring (bicyclic) bond motifs is 1. The van der Waals surface area contributed by atoms with Gasteiger partial charge in [-0.1, -0.05) is 17.4 Å². The molecule has 0 fully saturated rings. The molecule has 0 aliphatic heterocycles. The predicted molar refractivity (Wildman–Crippen MR) is 76.9 cm³/mol. The number of thiazole rings is 1. The van der Waals surface area contributed by atoms with Crippen molar-refractivity contribution in [3.8, 4) is 0 Å². The maximum Gasteiger partial charge on any atom is 0.327 e. The Labute approximate surface area is 119 Å². The van der Waals surface area contributed by atoms with Gasteiger partial charge in [0, 0.05) is 12.3 Å². The average molecular weight is 298 g/mol. The van der Waals surface area contributed by atoms with Crippen LogP contribution in [-0.4, -0.2) is 22.8 Å². The van der Waals surface area contributed by atoms with E-state index in [2.05, 4.69) is 15.6 Å². The molecule has 3 amide bonds. The van der Waals surface area contributed by atoms with Gasteiger partial charge in [-0.2, -0.15) is 0 Å². The minimum atomic E-state index is -0.592. The van der Waals surface area contributed by atoms with Gasteiger partial charge >= 0.3 is 6.03 Å². The summed E-state index contributed by atoms with van der Waals surface area (Å²) in [6.45, 7) is 1.99. The molecule has 19 heavy (non-hydrogen) atoms. The van der Waals surface area contributed by atoms with Crippen LogP contribution in [0.25, 0.3) is 10.2 Å². The summed E-state index contributed by atoms with van der Waals surface area (Å²) in [5.41, 5.74) is 1.95. The molecule has 2 aromatic rings. The molecule has 5 nitrogen and oxygen atoms in total. The number of aromatic nitrogens is 1. The Morgan fingerprint density at radius 1 is 1.42 bits per heavy atom. The van der Waals surface area contributed by atoms with Gasteiger partial charge in [0.15, 0.2) is 5.13 Å². The van der Waals surface area contributed by atoms with Crippen molar-refractivity contribution in [2.45, 2.75) is 13.3 Å². The molecule has 0 aliphatic carbocycles. The topological polar surface area (TPSA) is 71.1 Å². The third-order valence-electron chi connectivity index (χ3n) is 2.34. The number of benzene rings is 1. The van der Waals surface area contributed by atoms with Crippen LogP contribution in [0.5, 0.6) is 0 Å². The number of nitrogens with zero attached hydrogens (tertiary/aromatic N) is 1. The molecule has 2 rings (SSSR count). The second-order valence-electron chi connectivity index (χ2n) is 3.93. The molecule has 1 aromatic heterocycles. The fraction of sp³-hybridized carbons (Fsp3) is 0.250. The largest absolute Gasteiger partial charge is 0.327 e. The molecule has 2 N–H and O–H groups in total. The number of urea groups is 1. The van der Waals surface area contributed by atoms with Crippen LogP contribution in [0, 0.1) is 6.92 Å². The molecule has 0 bridgehead atoms. The zero-order chi connectivity index (χ0) is 13.8. The van der Waals surface area contributed by atoms with Crippen LogP contribution in [0.4, 0.5) is 9.93 Å². The number of hydrogen-bond donors (Lipinski definition) is 2. The SMILES string of the molecule is Cc1ccc2nc(NC(=O)NC(=O)CCCl)sc2c1. The lowest BCUT2D eigenvalue weighted by Crippen LogP contribution is -2.34. The number of alkyl halides is 1. The molecular formula is C12H12ClN3O2S. The average Bonchev–Trinajstić information content (AvgIpc) is 2.70. The van der Waals surface area contributed by atoms with Crippen molar-refractivity contribution in [2.75, 3.05) is 11.2 Å². The molecule has 0 atom stereocenters. The first kappa shape index (κ1) is 13.8. The van der Waals surface area contributed by atoms with E-state index < -0.39 is 11.9 Å². The van der Waals surface area contributed by atoms with E-state index in [1.165, 1.54) is 11.3 Å². The number of nitrogens with one attached hydrogen (secondary N) is 2. The molecule has 1 heterocycles. The Morgan fingerprint density at radius 3 is 2.95 bits per heavy atom. The second-order valence-corrected chi connectivity index (χ2v) is 5.34. The Bertz CT molecular complexity index is 626. The van der Waals surface area contributed by atoms with E-state index in [0.29, 0.717) is 5.13 Å². The monoisotopic (exact) mass is 297 g/mol. The van der Waals surface area contributed by atoms with Crippen LogP contribution in [0.2, 0.25) is 0 Å². The summed E-state index contributed by atoms with van der Waals surface area (Å²) < 4.78 is 0.988. The number of carbonyl (C=O) groups is 2. The van der Waals surface area contributed by atoms with E-state index >= 15 is 0 Å². The van der Waals surface area contributed by atoms with Gasteiger partial charge in [-0.05, 0) is 24.6 Å². The number of rotatable bonds is 3. The summed E-state index contributed by atoms with van der Waals surface area (Å²) in [5.74, 6) is -0.232. The van der Waals surface area contributed by atoms with Crippen molar-refractivity contribution in [1.29, 1.82) is 0 Å². The number of hydrogen-bond acceptors (Lipinski definition) is 4. The van der Waals surface area contributed by atoms with Crippen LogP contribution in [0.15, 0.2) is 18.2 Å². The van der Waals surface area contributed by atoms with Crippen molar-refractivity contribution in [2.24, 2.45) is 0 Å². The maximum atomic E-state index is 11.5. The Hall–Kier alpha value is -1.66. The highest BCUT2D eigenvalue weighted by atomic mass is 35.5. The number of aryl methyl sites for hydroxylation is 1. The highest BCUT2D eigenvalue weighted by molar-refractivity contribution is 7.22. The summed E-state index contributed by atoms with van der Waals surface area (Å²) in [5, 5.41) is 5.17. The highest BCUT2D eigenvalue weighted by Gasteiger charge is 2.10. The fourth-order valence-electron chi connectivity index (χ4n) is 1.49. The lowest BCUT2D eigenvalue weighted by Gasteiger charge is -2.02. The summed E-state index contributed by atoms with van der Waals surface area (Å²) >= 11 is 6.77. The molecule has 100 valence electrons. The van der Waals surface area contributed by atoms with Crippen molar-refractivity contribution in [3.05, 3.63) is 23.8 Å². The molecule has 0 saturated heterocycles. The second kappa shape index (κ2) is 5.99. The number of anilines is 1. The molecule has 0 spiro atoms. The number of imide groups is 1. The molecule has 0 saturated carbocycles. The quantitative estimate of drug-likeness (QED) is 0.856. The Balaban J connectivity index is 2.05. The van der Waals surface area contributed by atoms with E-state index in [9.17, 15) is 9.59 Å². The first-order chi connectivity index (χ1) is 9.08. The highest BCUT2D eigenvalue weighted by Crippen LogP contribution is 2.26. The van der Waals surface area contributed by atoms with Crippen molar-refractivity contribution >= 4 is 50.2 Å². The summed E-state index contributed by atoms with van der Waals surface area (Å²) in [6, 6.07) is 5.25. The van der Waals surface area contributed by atoms with Gasteiger partial charge < -0.3 is 0 Å². The molecule has 1 aromatic carbocycles. The van der Waals surface area contributed by atoms with E-state index in [-0.39, 0.29) is 12.3 Å². The summed E-state index contributed by atoms with van der Waals surface area (Å²) in [6.07, 6.45) is 0.105. The van der Waals surface area contributed by atoms with Gasteiger partial charge in [0.1, 0.15) is 0 Å². The van der Waals surface area contributed by atoms with Crippen LogP contribution < -0.4 is 10.6 Å². The maximum absolute atomic E-state index is 11.5. The molecule has 0 aliphatic rings. The van der Waals surface area contributed by atoms with Crippen LogP contribution in [0.1, 0.15) is 12.0 Å². The van der Waals surface area contributed by atoms with Gasteiger partial charge in [-0.15, -0.1) is 11.6 Å². The van der Waals surface area contributed by atoms with E-state index in [1.807, 2.05) is 25.1 Å². The first-order valence-electron chi connectivity index (χ1n) is 5.62. The van der Waals surface area contributed by atoms with Crippen molar-refractivity contribution in [3.63, 3.8) is 0 Å². The Kier molecular flexibility index (Phi) is 4.34. The molecule has 0 unspecified atom stereocenters. The molecular weight excluding hydrogens is 286 g/mol. The zero-order valence-electron chi connectivity index (χ0n) is 10.2. The molecule has 7 heteroatoms. The number of carbonyl (C=O) groups excluding carboxylic acids is 2. The predicted octanol–water partition coefficient (Wildman–Crippen LogP) is 2.88. The van der Waals surface area contributed by atoms with Crippen molar-refractivity contribution < 1.29 is 9.59 Å². The summed E-state index contributed by atoms with van der Waals surface area (Å²) in [7, 11) is 0. The van der Waals surface area contributed by atoms with E-state index in [1.54, 1.807) is 0 Å². The van der Waals surface area contributed by atoms with Crippen LogP contribution >= 0.6 is 22.9 Å². The van der Waals surface area contributed by atoms with Crippen LogP contribution in [-0.2, 0) is 4.79 Å². The number of amides is 3. The fourth-order valence-corrected chi connectivity index (χ4v) is 2.62. The summed E-state index contributed by atoms with van der Waals surface area (Å²) in [4.78, 5) is 27.0. The zero-order valence-corrected chi connectivity index (χ0v) is 11.8. The van der Waals surface area contributed by atoms with Gasteiger partial charge in [-0.3, -0.25) is 15.4 Å². The third-order valence-corrected chi connectivity index (χ3v) is 3.46. The normalized spacial score (nSPS) is 10.4. The lowest BCUT2D eigenvalue weighted by molar-refractivity contribution is -0.119.